The van der Waals surface area contributed by atoms with E-state index in [1.54, 1.807) is 0 Å². The molecule has 5 heteroatoms. The average Bonchev–Trinajstić information content (AvgIpc) is 2.63. The van der Waals surface area contributed by atoms with E-state index < -0.39 is 6.10 Å². The Balaban J connectivity index is 1.59. The summed E-state index contributed by atoms with van der Waals surface area (Å²) in [6.07, 6.45) is -0.439. The van der Waals surface area contributed by atoms with Crippen LogP contribution in [0, 0.1) is 13.8 Å². The van der Waals surface area contributed by atoms with Crippen molar-refractivity contribution >= 4 is 11.6 Å². The van der Waals surface area contributed by atoms with Gasteiger partial charge in [-0.3, -0.25) is 4.79 Å². The maximum atomic E-state index is 12.2. The number of rotatable bonds is 5. The zero-order valence-corrected chi connectivity index (χ0v) is 14.7. The number of carbonyl (C=O) groups is 1. The molecule has 0 radical (unpaired) electrons. The second kappa shape index (κ2) is 8.14. The van der Waals surface area contributed by atoms with E-state index in [-0.39, 0.29) is 5.91 Å². The van der Waals surface area contributed by atoms with Crippen molar-refractivity contribution in [3.05, 3.63) is 59.2 Å². The molecule has 0 aromatic heterocycles. The van der Waals surface area contributed by atoms with Gasteiger partial charge < -0.3 is 20.1 Å². The molecule has 2 N–H and O–H groups in total. The molecule has 132 valence electrons. The minimum absolute atomic E-state index is 0.122. The molecule has 2 aromatic rings. The normalized spacial score (nSPS) is 17.1. The lowest BCUT2D eigenvalue weighted by atomic mass is 10.1. The Morgan fingerprint density at radius 3 is 2.88 bits per heavy atom. The third-order valence-electron chi connectivity index (χ3n) is 4.16. The van der Waals surface area contributed by atoms with E-state index in [0.717, 1.165) is 29.1 Å². The molecule has 5 nitrogen and oxygen atoms in total. The lowest BCUT2D eigenvalue weighted by molar-refractivity contribution is -0.128. The van der Waals surface area contributed by atoms with Gasteiger partial charge in [0.2, 0.25) is 0 Å². The van der Waals surface area contributed by atoms with Gasteiger partial charge in [0.25, 0.3) is 5.91 Å². The molecule has 1 atom stereocenters. The van der Waals surface area contributed by atoms with Crippen LogP contribution < -0.4 is 15.4 Å². The third kappa shape index (κ3) is 4.81. The number of hydrogen-bond acceptors (Lipinski definition) is 4. The molecule has 0 saturated carbocycles. The maximum Gasteiger partial charge on any atom is 0.254 e. The van der Waals surface area contributed by atoms with Crippen molar-refractivity contribution in [2.75, 3.05) is 25.0 Å². The van der Waals surface area contributed by atoms with Gasteiger partial charge in [-0.2, -0.15) is 0 Å². The Morgan fingerprint density at radius 2 is 2.16 bits per heavy atom. The van der Waals surface area contributed by atoms with Crippen molar-refractivity contribution in [3.63, 3.8) is 0 Å². The first kappa shape index (κ1) is 17.5. The second-order valence-corrected chi connectivity index (χ2v) is 6.31. The fraction of sp³-hybridized carbons (Fsp3) is 0.350. The maximum absolute atomic E-state index is 12.2. The first-order valence-electron chi connectivity index (χ1n) is 8.54. The molecule has 1 amide bonds. The van der Waals surface area contributed by atoms with Crippen LogP contribution in [0.15, 0.2) is 42.5 Å². The minimum Gasteiger partial charge on any atom is -0.489 e. The fourth-order valence-electron chi connectivity index (χ4n) is 2.78. The quantitative estimate of drug-likeness (QED) is 0.879. The summed E-state index contributed by atoms with van der Waals surface area (Å²) >= 11 is 0. The van der Waals surface area contributed by atoms with Crippen molar-refractivity contribution in [2.24, 2.45) is 0 Å². The van der Waals surface area contributed by atoms with E-state index in [1.807, 2.05) is 37.3 Å². The topological polar surface area (TPSA) is 59.6 Å². The van der Waals surface area contributed by atoms with Gasteiger partial charge in [0.1, 0.15) is 18.5 Å². The van der Waals surface area contributed by atoms with E-state index in [2.05, 4.69) is 29.7 Å². The van der Waals surface area contributed by atoms with Crippen LogP contribution in [-0.4, -0.2) is 31.7 Å². The highest BCUT2D eigenvalue weighted by Crippen LogP contribution is 2.22. The van der Waals surface area contributed by atoms with Crippen LogP contribution in [0.3, 0.4) is 0 Å². The summed E-state index contributed by atoms with van der Waals surface area (Å²) in [5, 5.41) is 6.08. The first-order chi connectivity index (χ1) is 12.1. The monoisotopic (exact) mass is 340 g/mol. The molecule has 25 heavy (non-hydrogen) atoms. The van der Waals surface area contributed by atoms with E-state index in [0.29, 0.717) is 19.8 Å². The summed E-state index contributed by atoms with van der Waals surface area (Å²) in [6, 6.07) is 13.9. The van der Waals surface area contributed by atoms with Gasteiger partial charge in [-0.05, 0) is 43.2 Å². The molecular formula is C20H24N2O3. The molecular weight excluding hydrogens is 316 g/mol. The molecule has 0 aliphatic carbocycles. The summed E-state index contributed by atoms with van der Waals surface area (Å²) in [5.41, 5.74) is 4.09. The Morgan fingerprint density at radius 1 is 1.28 bits per heavy atom. The molecule has 2 aromatic carbocycles. The van der Waals surface area contributed by atoms with Crippen molar-refractivity contribution in [3.8, 4) is 5.75 Å². The predicted molar refractivity (Wildman–Crippen MR) is 97.9 cm³/mol. The van der Waals surface area contributed by atoms with Crippen LogP contribution in [0.2, 0.25) is 0 Å². The molecule has 0 bridgehead atoms. The SMILES string of the molecule is Cc1cccc(COc2ccc(NC(=O)[C@H]3CNCCO3)c(C)c2)c1. The van der Waals surface area contributed by atoms with Gasteiger partial charge >= 0.3 is 0 Å². The highest BCUT2D eigenvalue weighted by molar-refractivity contribution is 5.95. The number of benzene rings is 2. The van der Waals surface area contributed by atoms with Gasteiger partial charge in [0, 0.05) is 18.8 Å². The number of aryl methyl sites for hydroxylation is 2. The fourth-order valence-corrected chi connectivity index (χ4v) is 2.78. The Labute approximate surface area is 148 Å². The summed E-state index contributed by atoms with van der Waals surface area (Å²) in [6.45, 7) is 6.43. The van der Waals surface area contributed by atoms with E-state index >= 15 is 0 Å². The zero-order chi connectivity index (χ0) is 17.6. The highest BCUT2D eigenvalue weighted by Gasteiger charge is 2.22. The summed E-state index contributed by atoms with van der Waals surface area (Å²) in [5.74, 6) is 0.663. The van der Waals surface area contributed by atoms with Gasteiger partial charge in [0.05, 0.1) is 6.61 Å². The molecule has 1 saturated heterocycles. The summed E-state index contributed by atoms with van der Waals surface area (Å²) < 4.78 is 11.3. The largest absolute Gasteiger partial charge is 0.489 e. The molecule has 1 aliphatic heterocycles. The van der Waals surface area contributed by atoms with Gasteiger partial charge in [0.15, 0.2) is 0 Å². The van der Waals surface area contributed by atoms with Gasteiger partial charge in [-0.15, -0.1) is 0 Å². The van der Waals surface area contributed by atoms with E-state index in [1.165, 1.54) is 5.56 Å². The number of morpholine rings is 1. The van der Waals surface area contributed by atoms with Crippen LogP contribution >= 0.6 is 0 Å². The number of carbonyl (C=O) groups excluding carboxylic acids is 1. The molecule has 1 fully saturated rings. The molecule has 1 heterocycles. The van der Waals surface area contributed by atoms with E-state index in [9.17, 15) is 4.79 Å². The lowest BCUT2D eigenvalue weighted by Gasteiger charge is -2.23. The van der Waals surface area contributed by atoms with E-state index in [4.69, 9.17) is 9.47 Å². The van der Waals surface area contributed by atoms with Gasteiger partial charge in [-0.1, -0.05) is 29.8 Å². The van der Waals surface area contributed by atoms with Crippen LogP contribution in [0.1, 0.15) is 16.7 Å². The number of hydrogen-bond donors (Lipinski definition) is 2. The lowest BCUT2D eigenvalue weighted by Crippen LogP contribution is -2.45. The summed E-state index contributed by atoms with van der Waals surface area (Å²) in [4.78, 5) is 12.2. The molecule has 3 rings (SSSR count). The number of amides is 1. The third-order valence-corrected chi connectivity index (χ3v) is 4.16. The standard InChI is InChI=1S/C20H24N2O3/c1-14-4-3-5-16(10-14)13-25-17-6-7-18(15(2)11-17)22-20(23)19-12-21-8-9-24-19/h3-7,10-11,19,21H,8-9,12-13H2,1-2H3,(H,22,23)/t19-/m1/s1. The number of anilines is 1. The molecule has 0 spiro atoms. The Kier molecular flexibility index (Phi) is 5.68. The van der Waals surface area contributed by atoms with Crippen LogP contribution in [-0.2, 0) is 16.1 Å². The second-order valence-electron chi connectivity index (χ2n) is 6.31. The molecule has 0 unspecified atom stereocenters. The predicted octanol–water partition coefficient (Wildman–Crippen LogP) is 2.81. The van der Waals surface area contributed by atoms with Crippen LogP contribution in [0.25, 0.3) is 0 Å². The highest BCUT2D eigenvalue weighted by atomic mass is 16.5. The van der Waals surface area contributed by atoms with Crippen molar-refractivity contribution in [1.29, 1.82) is 0 Å². The van der Waals surface area contributed by atoms with Crippen molar-refractivity contribution in [2.45, 2.75) is 26.6 Å². The first-order valence-corrected chi connectivity index (χ1v) is 8.54. The zero-order valence-electron chi connectivity index (χ0n) is 14.7. The summed E-state index contributed by atoms with van der Waals surface area (Å²) in [7, 11) is 0. The van der Waals surface area contributed by atoms with Crippen LogP contribution in [0.5, 0.6) is 5.75 Å². The van der Waals surface area contributed by atoms with Crippen molar-refractivity contribution in [1.82, 2.24) is 5.32 Å². The minimum atomic E-state index is -0.439. The molecule has 1 aliphatic rings. The van der Waals surface area contributed by atoms with Crippen LogP contribution in [0.4, 0.5) is 5.69 Å². The van der Waals surface area contributed by atoms with Gasteiger partial charge in [-0.25, -0.2) is 0 Å². The van der Waals surface area contributed by atoms with Crippen molar-refractivity contribution < 1.29 is 14.3 Å². The Hall–Kier alpha value is -2.37. The number of nitrogens with one attached hydrogen (secondary N) is 2. The Bertz CT molecular complexity index is 739. The number of ether oxygens (including phenoxy) is 2. The smallest absolute Gasteiger partial charge is 0.254 e. The average molecular weight is 340 g/mol.